The molecule has 1 fully saturated rings. The first-order valence-corrected chi connectivity index (χ1v) is 10.8. The highest BCUT2D eigenvalue weighted by atomic mass is 16.5. The Bertz CT molecular complexity index is 1070. The number of hydrogen-bond donors (Lipinski definition) is 1. The summed E-state index contributed by atoms with van der Waals surface area (Å²) in [7, 11) is 1.65. The van der Waals surface area contributed by atoms with E-state index in [-0.39, 0.29) is 17.9 Å². The Morgan fingerprint density at radius 2 is 2.00 bits per heavy atom. The van der Waals surface area contributed by atoms with Crippen LogP contribution in [0.25, 0.3) is 11.4 Å². The molecule has 32 heavy (non-hydrogen) atoms. The summed E-state index contributed by atoms with van der Waals surface area (Å²) in [6, 6.07) is 17.6. The predicted octanol–water partition coefficient (Wildman–Crippen LogP) is 3.79. The van der Waals surface area contributed by atoms with Crippen molar-refractivity contribution < 1.29 is 14.3 Å². The Morgan fingerprint density at radius 1 is 1.19 bits per heavy atom. The number of rotatable bonds is 8. The Labute approximate surface area is 188 Å². The van der Waals surface area contributed by atoms with Crippen LogP contribution in [0.2, 0.25) is 0 Å². The van der Waals surface area contributed by atoms with Crippen LogP contribution < -0.4 is 20.1 Å². The monoisotopic (exact) mass is 432 g/mol. The van der Waals surface area contributed by atoms with Crippen molar-refractivity contribution in [2.24, 2.45) is 5.73 Å². The Hall–Kier alpha value is -3.61. The van der Waals surface area contributed by atoms with Crippen molar-refractivity contribution in [3.8, 4) is 22.9 Å². The van der Waals surface area contributed by atoms with Gasteiger partial charge in [-0.25, -0.2) is 9.97 Å². The molecule has 1 amide bonds. The smallest absolute Gasteiger partial charge is 0.218 e. The molecule has 1 saturated heterocycles. The zero-order chi connectivity index (χ0) is 22.5. The van der Waals surface area contributed by atoms with E-state index >= 15 is 0 Å². The van der Waals surface area contributed by atoms with Crippen LogP contribution in [0.5, 0.6) is 11.5 Å². The number of methoxy groups -OCH3 is 1. The number of benzene rings is 2. The molecule has 3 aromatic rings. The van der Waals surface area contributed by atoms with Gasteiger partial charge in [0.15, 0.2) is 5.82 Å². The van der Waals surface area contributed by atoms with Crippen LogP contribution in [0.3, 0.4) is 0 Å². The average molecular weight is 433 g/mol. The summed E-state index contributed by atoms with van der Waals surface area (Å²) in [5, 5.41) is 0. The van der Waals surface area contributed by atoms with Crippen LogP contribution in [0.1, 0.15) is 31.2 Å². The van der Waals surface area contributed by atoms with E-state index in [2.05, 4.69) is 9.88 Å². The fraction of sp³-hybridized carbons (Fsp3) is 0.320. The summed E-state index contributed by atoms with van der Waals surface area (Å²) in [6.45, 7) is 3.62. The lowest BCUT2D eigenvalue weighted by atomic mass is 9.97. The fourth-order valence-corrected chi connectivity index (χ4v) is 3.95. The quantitative estimate of drug-likeness (QED) is 0.582. The fourth-order valence-electron chi connectivity index (χ4n) is 3.95. The van der Waals surface area contributed by atoms with Crippen molar-refractivity contribution >= 4 is 11.7 Å². The van der Waals surface area contributed by atoms with Gasteiger partial charge in [-0.2, -0.15) is 0 Å². The van der Waals surface area contributed by atoms with Crippen molar-refractivity contribution in [2.45, 2.75) is 31.8 Å². The van der Waals surface area contributed by atoms with Crippen molar-refractivity contribution in [3.05, 3.63) is 66.4 Å². The van der Waals surface area contributed by atoms with Crippen molar-refractivity contribution in [2.75, 3.05) is 25.1 Å². The Morgan fingerprint density at radius 3 is 2.75 bits per heavy atom. The van der Waals surface area contributed by atoms with Gasteiger partial charge in [0, 0.05) is 31.1 Å². The number of carbonyl (C=O) groups is 1. The van der Waals surface area contributed by atoms with Gasteiger partial charge in [0.25, 0.3) is 0 Å². The van der Waals surface area contributed by atoms with Crippen molar-refractivity contribution in [3.63, 3.8) is 0 Å². The zero-order valence-corrected chi connectivity index (χ0v) is 18.4. The van der Waals surface area contributed by atoms with Crippen LogP contribution in [0.4, 0.5) is 5.82 Å². The number of nitrogens with two attached hydrogens (primary N) is 1. The molecule has 2 heterocycles. The number of anilines is 1. The highest BCUT2D eigenvalue weighted by Crippen LogP contribution is 2.27. The first-order valence-electron chi connectivity index (χ1n) is 10.8. The van der Waals surface area contributed by atoms with Gasteiger partial charge < -0.3 is 20.1 Å². The van der Waals surface area contributed by atoms with E-state index in [9.17, 15) is 4.79 Å². The SMILES string of the molecule is COc1cccc(-c2nccc(N3CC[C@@H](Oc4ccc([C@@H](C)CC(N)=O)cc4)C3)n2)c1. The maximum Gasteiger partial charge on any atom is 0.218 e. The van der Waals surface area contributed by atoms with Crippen molar-refractivity contribution in [1.29, 1.82) is 0 Å². The van der Waals surface area contributed by atoms with E-state index in [1.807, 2.05) is 61.5 Å². The molecule has 4 rings (SSSR count). The molecule has 2 N–H and O–H groups in total. The molecular formula is C25H28N4O3. The first-order chi connectivity index (χ1) is 15.5. The van der Waals surface area contributed by atoms with Gasteiger partial charge in [0.05, 0.1) is 13.7 Å². The van der Waals surface area contributed by atoms with Gasteiger partial charge in [-0.1, -0.05) is 31.2 Å². The molecule has 1 aliphatic rings. The molecule has 0 saturated carbocycles. The molecule has 7 nitrogen and oxygen atoms in total. The maximum absolute atomic E-state index is 11.1. The lowest BCUT2D eigenvalue weighted by Crippen LogP contribution is -2.25. The third-order valence-electron chi connectivity index (χ3n) is 5.70. The number of amides is 1. The second-order valence-electron chi connectivity index (χ2n) is 8.09. The summed E-state index contributed by atoms with van der Waals surface area (Å²) in [6.07, 6.45) is 3.13. The molecule has 0 spiro atoms. The lowest BCUT2D eigenvalue weighted by molar-refractivity contribution is -0.118. The third-order valence-corrected chi connectivity index (χ3v) is 5.70. The molecule has 1 aliphatic heterocycles. The summed E-state index contributed by atoms with van der Waals surface area (Å²) < 4.78 is 11.5. The highest BCUT2D eigenvalue weighted by molar-refractivity contribution is 5.74. The molecule has 2 aromatic carbocycles. The number of nitrogens with zero attached hydrogens (tertiary/aromatic N) is 3. The van der Waals surface area contributed by atoms with E-state index < -0.39 is 0 Å². The van der Waals surface area contributed by atoms with Crippen LogP contribution in [-0.2, 0) is 4.79 Å². The number of carbonyl (C=O) groups excluding carboxylic acids is 1. The first kappa shape index (κ1) is 21.6. The topological polar surface area (TPSA) is 90.6 Å². The van der Waals surface area contributed by atoms with Gasteiger partial charge in [0.1, 0.15) is 23.4 Å². The lowest BCUT2D eigenvalue weighted by Gasteiger charge is -2.19. The van der Waals surface area contributed by atoms with Gasteiger partial charge in [-0.3, -0.25) is 4.79 Å². The second kappa shape index (κ2) is 9.68. The Balaban J connectivity index is 1.39. The van der Waals surface area contributed by atoms with Crippen LogP contribution >= 0.6 is 0 Å². The van der Waals surface area contributed by atoms with E-state index in [0.717, 1.165) is 48.0 Å². The van der Waals surface area contributed by atoms with E-state index in [1.165, 1.54) is 0 Å². The largest absolute Gasteiger partial charge is 0.497 e. The molecule has 0 unspecified atom stereocenters. The molecule has 1 aromatic heterocycles. The average Bonchev–Trinajstić information content (AvgIpc) is 3.28. The number of primary amides is 1. The van der Waals surface area contributed by atoms with Crippen LogP contribution in [0.15, 0.2) is 60.8 Å². The molecule has 166 valence electrons. The summed E-state index contributed by atoms with van der Waals surface area (Å²) >= 11 is 0. The highest BCUT2D eigenvalue weighted by Gasteiger charge is 2.25. The summed E-state index contributed by atoms with van der Waals surface area (Å²) in [5.41, 5.74) is 7.30. The number of ether oxygens (including phenoxy) is 2. The van der Waals surface area contributed by atoms with Gasteiger partial charge >= 0.3 is 0 Å². The maximum atomic E-state index is 11.1. The zero-order valence-electron chi connectivity index (χ0n) is 18.4. The summed E-state index contributed by atoms with van der Waals surface area (Å²) in [4.78, 5) is 22.6. The minimum absolute atomic E-state index is 0.0825. The normalized spacial score (nSPS) is 16.6. The standard InChI is InChI=1S/C25H28N4O3/c1-17(14-23(26)30)18-6-8-20(9-7-18)32-22-11-13-29(16-22)24-10-12-27-25(28-24)19-4-3-5-21(15-19)31-2/h3-10,12,15,17,22H,11,13-14,16H2,1-2H3,(H2,26,30)/t17-,22+/m0/s1. The van der Waals surface area contributed by atoms with Gasteiger partial charge in [-0.05, 0) is 41.8 Å². The number of aromatic nitrogens is 2. The molecule has 0 aliphatic carbocycles. The van der Waals surface area contributed by atoms with Gasteiger partial charge in [0.2, 0.25) is 5.91 Å². The van der Waals surface area contributed by atoms with Crippen LogP contribution in [-0.4, -0.2) is 42.2 Å². The second-order valence-corrected chi connectivity index (χ2v) is 8.09. The van der Waals surface area contributed by atoms with Crippen LogP contribution in [0, 0.1) is 0 Å². The Kier molecular flexibility index (Phi) is 6.54. The minimum Gasteiger partial charge on any atom is -0.497 e. The third kappa shape index (κ3) is 5.17. The number of hydrogen-bond acceptors (Lipinski definition) is 6. The minimum atomic E-state index is -0.289. The predicted molar refractivity (Wildman–Crippen MR) is 124 cm³/mol. The van der Waals surface area contributed by atoms with E-state index in [0.29, 0.717) is 12.2 Å². The van der Waals surface area contributed by atoms with Crippen molar-refractivity contribution in [1.82, 2.24) is 9.97 Å². The molecule has 0 radical (unpaired) electrons. The summed E-state index contributed by atoms with van der Waals surface area (Å²) in [5.74, 6) is 2.97. The van der Waals surface area contributed by atoms with E-state index in [4.69, 9.17) is 20.2 Å². The molecule has 7 heteroatoms. The molecule has 0 bridgehead atoms. The molecule has 2 atom stereocenters. The molecular weight excluding hydrogens is 404 g/mol. The van der Waals surface area contributed by atoms with Gasteiger partial charge in [-0.15, -0.1) is 0 Å². The van der Waals surface area contributed by atoms with E-state index in [1.54, 1.807) is 13.3 Å².